The van der Waals surface area contributed by atoms with Crippen molar-refractivity contribution in [2.45, 2.75) is 39.2 Å². The summed E-state index contributed by atoms with van der Waals surface area (Å²) in [5, 5.41) is 21.4. The summed E-state index contributed by atoms with van der Waals surface area (Å²) < 4.78 is 1.68. The standard InChI is InChI=1S/C20H31N5O/c1-6-21-19(22-11-16(3)17-9-7-8-15(2)10-17)23-14-20(4,26)18-12-24-25(5)13-18/h7-10,12-13,16,26H,6,11,14H2,1-5H3,(H2,21,22,23). The molecule has 0 radical (unpaired) electrons. The van der Waals surface area contributed by atoms with Crippen molar-refractivity contribution in [2.75, 3.05) is 19.6 Å². The Morgan fingerprint density at radius 2 is 2.15 bits per heavy atom. The average molecular weight is 358 g/mol. The first-order chi connectivity index (χ1) is 12.3. The van der Waals surface area contributed by atoms with Gasteiger partial charge in [0.2, 0.25) is 0 Å². The monoisotopic (exact) mass is 357 g/mol. The molecule has 2 atom stereocenters. The number of aliphatic imine (C=N–C) groups is 1. The molecule has 3 N–H and O–H groups in total. The van der Waals surface area contributed by atoms with E-state index in [-0.39, 0.29) is 6.54 Å². The largest absolute Gasteiger partial charge is 0.383 e. The summed E-state index contributed by atoms with van der Waals surface area (Å²) in [6.45, 7) is 9.87. The number of benzene rings is 1. The van der Waals surface area contributed by atoms with Gasteiger partial charge < -0.3 is 15.7 Å². The van der Waals surface area contributed by atoms with Gasteiger partial charge in [0.15, 0.2) is 5.96 Å². The molecule has 0 aliphatic rings. The molecule has 1 heterocycles. The molecule has 1 aromatic carbocycles. The van der Waals surface area contributed by atoms with Crippen LogP contribution in [0.15, 0.2) is 41.7 Å². The highest BCUT2D eigenvalue weighted by atomic mass is 16.3. The van der Waals surface area contributed by atoms with Crippen molar-refractivity contribution < 1.29 is 5.11 Å². The van der Waals surface area contributed by atoms with Crippen LogP contribution in [0.1, 0.15) is 43.4 Å². The zero-order chi connectivity index (χ0) is 19.2. The van der Waals surface area contributed by atoms with E-state index in [2.05, 4.69) is 58.8 Å². The van der Waals surface area contributed by atoms with Crippen LogP contribution in [-0.2, 0) is 12.6 Å². The average Bonchev–Trinajstić information content (AvgIpc) is 3.04. The molecule has 0 bridgehead atoms. The lowest BCUT2D eigenvalue weighted by atomic mass is 9.99. The number of aryl methyl sites for hydroxylation is 2. The smallest absolute Gasteiger partial charge is 0.191 e. The molecule has 0 fully saturated rings. The molecule has 6 nitrogen and oxygen atoms in total. The predicted octanol–water partition coefficient (Wildman–Crippen LogP) is 2.29. The van der Waals surface area contributed by atoms with Gasteiger partial charge in [-0.05, 0) is 32.3 Å². The van der Waals surface area contributed by atoms with Crippen molar-refractivity contribution in [1.29, 1.82) is 0 Å². The predicted molar refractivity (Wildman–Crippen MR) is 106 cm³/mol. The summed E-state index contributed by atoms with van der Waals surface area (Å²) in [6, 6.07) is 8.56. The number of guanidine groups is 1. The van der Waals surface area contributed by atoms with Gasteiger partial charge in [0, 0.05) is 31.9 Å². The number of nitrogens with one attached hydrogen (secondary N) is 2. The molecule has 0 saturated carbocycles. The van der Waals surface area contributed by atoms with Gasteiger partial charge in [0.1, 0.15) is 5.60 Å². The van der Waals surface area contributed by atoms with Crippen LogP contribution in [0.3, 0.4) is 0 Å². The Morgan fingerprint density at radius 3 is 2.77 bits per heavy atom. The third-order valence-electron chi connectivity index (χ3n) is 4.40. The maximum atomic E-state index is 10.7. The van der Waals surface area contributed by atoms with E-state index in [1.165, 1.54) is 11.1 Å². The zero-order valence-electron chi connectivity index (χ0n) is 16.5. The van der Waals surface area contributed by atoms with Crippen LogP contribution in [0.5, 0.6) is 0 Å². The van der Waals surface area contributed by atoms with E-state index in [9.17, 15) is 5.11 Å². The minimum atomic E-state index is -1.06. The van der Waals surface area contributed by atoms with E-state index in [0.717, 1.165) is 18.7 Å². The number of aliphatic hydroxyl groups is 1. The molecule has 0 saturated heterocycles. The summed E-state index contributed by atoms with van der Waals surface area (Å²) in [5.74, 6) is 1.06. The maximum Gasteiger partial charge on any atom is 0.191 e. The van der Waals surface area contributed by atoms with Gasteiger partial charge in [0.05, 0.1) is 12.7 Å². The lowest BCUT2D eigenvalue weighted by Crippen LogP contribution is -2.40. The van der Waals surface area contributed by atoms with Gasteiger partial charge in [-0.1, -0.05) is 36.8 Å². The Bertz CT molecular complexity index is 735. The van der Waals surface area contributed by atoms with Crippen molar-refractivity contribution in [3.05, 3.63) is 53.3 Å². The zero-order valence-corrected chi connectivity index (χ0v) is 16.5. The first-order valence-electron chi connectivity index (χ1n) is 9.12. The lowest BCUT2D eigenvalue weighted by molar-refractivity contribution is 0.0672. The Balaban J connectivity index is 2.00. The number of nitrogens with zero attached hydrogens (tertiary/aromatic N) is 3. The molecule has 2 unspecified atom stereocenters. The van der Waals surface area contributed by atoms with Crippen molar-refractivity contribution in [3.8, 4) is 0 Å². The van der Waals surface area contributed by atoms with Gasteiger partial charge in [-0.15, -0.1) is 0 Å². The second kappa shape index (κ2) is 8.85. The molecule has 0 aliphatic heterocycles. The molecule has 6 heteroatoms. The second-order valence-electron chi connectivity index (χ2n) is 7.07. The van der Waals surface area contributed by atoms with E-state index < -0.39 is 5.60 Å². The first-order valence-corrected chi connectivity index (χ1v) is 9.12. The minimum Gasteiger partial charge on any atom is -0.383 e. The van der Waals surface area contributed by atoms with Crippen LogP contribution in [0, 0.1) is 6.92 Å². The molecule has 2 aromatic rings. The lowest BCUT2D eigenvalue weighted by Gasteiger charge is -2.21. The molecule has 1 aromatic heterocycles. The molecule has 0 amide bonds. The molecule has 142 valence electrons. The molecule has 2 rings (SSSR count). The number of hydrogen-bond donors (Lipinski definition) is 3. The fourth-order valence-electron chi connectivity index (χ4n) is 2.71. The van der Waals surface area contributed by atoms with Gasteiger partial charge in [-0.3, -0.25) is 4.68 Å². The van der Waals surface area contributed by atoms with Crippen LogP contribution >= 0.6 is 0 Å². The fraction of sp³-hybridized carbons (Fsp3) is 0.500. The van der Waals surface area contributed by atoms with Crippen molar-refractivity contribution in [1.82, 2.24) is 20.4 Å². The molecule has 0 aliphatic carbocycles. The highest BCUT2D eigenvalue weighted by Crippen LogP contribution is 2.20. The van der Waals surface area contributed by atoms with Crippen LogP contribution in [0.4, 0.5) is 0 Å². The van der Waals surface area contributed by atoms with Crippen molar-refractivity contribution >= 4 is 5.96 Å². The molecular formula is C20H31N5O. The van der Waals surface area contributed by atoms with E-state index in [1.54, 1.807) is 17.8 Å². The summed E-state index contributed by atoms with van der Waals surface area (Å²) in [7, 11) is 1.83. The number of rotatable bonds is 7. The Kier molecular flexibility index (Phi) is 6.80. The summed E-state index contributed by atoms with van der Waals surface area (Å²) in [4.78, 5) is 4.56. The number of hydrogen-bond acceptors (Lipinski definition) is 3. The van der Waals surface area contributed by atoms with E-state index in [1.807, 2.05) is 20.2 Å². The normalized spacial score (nSPS) is 15.4. The van der Waals surface area contributed by atoms with Gasteiger partial charge >= 0.3 is 0 Å². The van der Waals surface area contributed by atoms with Crippen LogP contribution in [0.25, 0.3) is 0 Å². The van der Waals surface area contributed by atoms with Gasteiger partial charge in [-0.2, -0.15) is 5.10 Å². The Labute approximate surface area is 156 Å². The first kappa shape index (κ1) is 20.0. The third-order valence-corrected chi connectivity index (χ3v) is 4.40. The van der Waals surface area contributed by atoms with E-state index >= 15 is 0 Å². The highest BCUT2D eigenvalue weighted by Gasteiger charge is 2.24. The quantitative estimate of drug-likeness (QED) is 0.525. The summed E-state index contributed by atoms with van der Waals surface area (Å²) in [5.41, 5.74) is 2.27. The Hall–Kier alpha value is -2.34. The second-order valence-corrected chi connectivity index (χ2v) is 7.07. The molecular weight excluding hydrogens is 326 g/mol. The van der Waals surface area contributed by atoms with E-state index in [4.69, 9.17) is 0 Å². The van der Waals surface area contributed by atoms with Crippen molar-refractivity contribution in [2.24, 2.45) is 12.0 Å². The maximum absolute atomic E-state index is 10.7. The topological polar surface area (TPSA) is 74.5 Å². The Morgan fingerprint density at radius 1 is 1.38 bits per heavy atom. The van der Waals surface area contributed by atoms with Crippen molar-refractivity contribution in [3.63, 3.8) is 0 Å². The van der Waals surface area contributed by atoms with E-state index in [0.29, 0.717) is 11.9 Å². The number of aromatic nitrogens is 2. The molecule has 0 spiro atoms. The highest BCUT2D eigenvalue weighted by molar-refractivity contribution is 5.79. The SMILES string of the molecule is CCNC(=NCC(C)(O)c1cnn(C)c1)NCC(C)c1cccc(C)c1. The van der Waals surface area contributed by atoms with Gasteiger partial charge in [0.25, 0.3) is 0 Å². The van der Waals surface area contributed by atoms with Crippen LogP contribution in [0.2, 0.25) is 0 Å². The van der Waals surface area contributed by atoms with Crippen LogP contribution in [-0.4, -0.2) is 40.5 Å². The van der Waals surface area contributed by atoms with Gasteiger partial charge in [-0.25, -0.2) is 4.99 Å². The van der Waals surface area contributed by atoms with Crippen LogP contribution < -0.4 is 10.6 Å². The summed E-state index contributed by atoms with van der Waals surface area (Å²) in [6.07, 6.45) is 3.49. The third kappa shape index (κ3) is 5.59. The molecule has 26 heavy (non-hydrogen) atoms. The summed E-state index contributed by atoms with van der Waals surface area (Å²) >= 11 is 0. The minimum absolute atomic E-state index is 0.257. The fourth-order valence-corrected chi connectivity index (χ4v) is 2.71.